The first-order valence-electron chi connectivity index (χ1n) is 10.3. The van der Waals surface area contributed by atoms with Crippen LogP contribution in [0, 0.1) is 13.8 Å². The molecular formula is C23H33N5. The number of pyridine rings is 1. The molecule has 1 N–H and O–H groups in total. The maximum Gasteiger partial charge on any atom is 0.204 e. The summed E-state index contributed by atoms with van der Waals surface area (Å²) < 4.78 is 2.25. The van der Waals surface area contributed by atoms with Gasteiger partial charge in [0.15, 0.2) is 0 Å². The van der Waals surface area contributed by atoms with Crippen LogP contribution in [-0.4, -0.2) is 45.1 Å². The Morgan fingerprint density at radius 1 is 1.21 bits per heavy atom. The fraction of sp³-hybridized carbons (Fsp3) is 0.478. The molecule has 3 rings (SSSR count). The first-order chi connectivity index (χ1) is 13.5. The van der Waals surface area contributed by atoms with Crippen molar-refractivity contribution in [3.8, 4) is 0 Å². The minimum atomic E-state index is 0.455. The van der Waals surface area contributed by atoms with Crippen molar-refractivity contribution in [2.24, 2.45) is 0 Å². The molecule has 0 amide bonds. The van der Waals surface area contributed by atoms with Gasteiger partial charge in [0.25, 0.3) is 0 Å². The number of hydrogen-bond acceptors (Lipinski definition) is 4. The molecule has 150 valence electrons. The number of rotatable bonds is 6. The van der Waals surface area contributed by atoms with Crippen molar-refractivity contribution < 1.29 is 0 Å². The summed E-state index contributed by atoms with van der Waals surface area (Å²) in [4.78, 5) is 12.2. The van der Waals surface area contributed by atoms with Gasteiger partial charge in [-0.3, -0.25) is 4.98 Å². The van der Waals surface area contributed by atoms with Crippen LogP contribution in [0.5, 0.6) is 0 Å². The van der Waals surface area contributed by atoms with E-state index in [0.717, 1.165) is 60.5 Å². The Bertz CT molecular complexity index is 933. The van der Waals surface area contributed by atoms with Crippen LogP contribution in [0.4, 0.5) is 5.95 Å². The summed E-state index contributed by atoms with van der Waals surface area (Å²) in [6.45, 7) is 16.5. The van der Waals surface area contributed by atoms with Crippen molar-refractivity contribution in [3.63, 3.8) is 0 Å². The molecule has 0 aromatic carbocycles. The van der Waals surface area contributed by atoms with Crippen LogP contribution in [-0.2, 0) is 6.54 Å². The van der Waals surface area contributed by atoms with E-state index >= 15 is 0 Å². The maximum atomic E-state index is 4.90. The fourth-order valence-corrected chi connectivity index (χ4v) is 3.82. The summed E-state index contributed by atoms with van der Waals surface area (Å²) in [5.41, 5.74) is 3.33. The Morgan fingerprint density at radius 2 is 1.96 bits per heavy atom. The quantitative estimate of drug-likeness (QED) is 0.838. The summed E-state index contributed by atoms with van der Waals surface area (Å²) in [7, 11) is 0. The van der Waals surface area contributed by atoms with E-state index in [9.17, 15) is 0 Å². The van der Waals surface area contributed by atoms with Gasteiger partial charge >= 0.3 is 0 Å². The van der Waals surface area contributed by atoms with E-state index in [2.05, 4.69) is 53.4 Å². The van der Waals surface area contributed by atoms with Crippen LogP contribution in [0.1, 0.15) is 43.6 Å². The van der Waals surface area contributed by atoms with Crippen LogP contribution in [0.25, 0.3) is 12.2 Å². The number of imidazole rings is 1. The third-order valence-electron chi connectivity index (χ3n) is 5.60. The Balaban J connectivity index is 1.97. The van der Waals surface area contributed by atoms with Gasteiger partial charge in [0.1, 0.15) is 0 Å². The standard InChI is InChI=1S/C23H33N5/c1-6-9-22-20(7-2)26-23(25-19-12-14-27(8-3)15-13-19)28(22)16-21-17(4)10-11-18(5)24-21/h6-7,9-11,19H,1,8,12-16H2,2-5H3,(H,25,26)/b20-7+,22-9+. The first kappa shape index (κ1) is 20.3. The molecule has 1 fully saturated rings. The van der Waals surface area contributed by atoms with Gasteiger partial charge in [-0.15, -0.1) is 0 Å². The molecule has 2 aromatic heterocycles. The van der Waals surface area contributed by atoms with E-state index in [0.29, 0.717) is 12.6 Å². The summed E-state index contributed by atoms with van der Waals surface area (Å²) in [6, 6.07) is 4.67. The van der Waals surface area contributed by atoms with Gasteiger partial charge in [-0.05, 0) is 57.9 Å². The Kier molecular flexibility index (Phi) is 6.68. The number of nitrogens with zero attached hydrogens (tertiary/aromatic N) is 4. The minimum absolute atomic E-state index is 0.455. The number of hydrogen-bond donors (Lipinski definition) is 1. The zero-order valence-corrected chi connectivity index (χ0v) is 17.7. The van der Waals surface area contributed by atoms with E-state index < -0.39 is 0 Å². The molecule has 3 heterocycles. The molecule has 5 heteroatoms. The van der Waals surface area contributed by atoms with E-state index in [1.54, 1.807) is 0 Å². The molecule has 0 radical (unpaired) electrons. The molecular weight excluding hydrogens is 346 g/mol. The summed E-state index contributed by atoms with van der Waals surface area (Å²) in [5, 5.41) is 5.79. The lowest BCUT2D eigenvalue weighted by atomic mass is 10.1. The second kappa shape index (κ2) is 9.20. The van der Waals surface area contributed by atoms with E-state index in [1.165, 1.54) is 5.56 Å². The van der Waals surface area contributed by atoms with Crippen LogP contribution in [0.2, 0.25) is 0 Å². The molecule has 0 spiro atoms. The van der Waals surface area contributed by atoms with Crippen molar-refractivity contribution in [1.29, 1.82) is 0 Å². The van der Waals surface area contributed by atoms with Gasteiger partial charge in [-0.25, -0.2) is 4.98 Å². The predicted octanol–water partition coefficient (Wildman–Crippen LogP) is 2.61. The highest BCUT2D eigenvalue weighted by atomic mass is 15.2. The molecule has 2 aromatic rings. The first-order valence-corrected chi connectivity index (χ1v) is 10.3. The van der Waals surface area contributed by atoms with Crippen molar-refractivity contribution in [2.75, 3.05) is 25.0 Å². The summed E-state index contributed by atoms with van der Waals surface area (Å²) in [6.07, 6.45) is 8.23. The van der Waals surface area contributed by atoms with Crippen molar-refractivity contribution in [2.45, 2.75) is 53.1 Å². The van der Waals surface area contributed by atoms with Gasteiger partial charge in [0.05, 0.1) is 22.9 Å². The molecule has 0 bridgehead atoms. The number of aromatic nitrogens is 3. The van der Waals surface area contributed by atoms with Crippen LogP contribution >= 0.6 is 0 Å². The number of allylic oxidation sites excluding steroid dienone is 1. The zero-order chi connectivity index (χ0) is 20.1. The number of likely N-dealkylation sites (tertiary alicyclic amines) is 1. The van der Waals surface area contributed by atoms with E-state index in [4.69, 9.17) is 9.97 Å². The molecule has 1 saturated heterocycles. The van der Waals surface area contributed by atoms with Gasteiger partial charge in [0.2, 0.25) is 5.95 Å². The Labute approximate surface area is 168 Å². The molecule has 1 aliphatic heterocycles. The highest BCUT2D eigenvalue weighted by Gasteiger charge is 2.20. The average molecular weight is 380 g/mol. The average Bonchev–Trinajstić information content (AvgIpc) is 3.02. The second-order valence-corrected chi connectivity index (χ2v) is 7.55. The normalized spacial score (nSPS) is 17.3. The van der Waals surface area contributed by atoms with Gasteiger partial charge in [0, 0.05) is 24.8 Å². The maximum absolute atomic E-state index is 4.90. The lowest BCUT2D eigenvalue weighted by Crippen LogP contribution is -2.39. The van der Waals surface area contributed by atoms with Gasteiger partial charge in [-0.2, -0.15) is 0 Å². The largest absolute Gasteiger partial charge is 0.353 e. The third kappa shape index (κ3) is 4.53. The molecule has 0 aliphatic carbocycles. The van der Waals surface area contributed by atoms with Crippen molar-refractivity contribution in [3.05, 3.63) is 52.4 Å². The SMILES string of the molecule is C=C/C=c1\c(=C/C)nc(NC2CCN(CC)CC2)n1Cc1nc(C)ccc1C. The summed E-state index contributed by atoms with van der Waals surface area (Å²) in [5.74, 6) is 0.929. The van der Waals surface area contributed by atoms with Crippen molar-refractivity contribution in [1.82, 2.24) is 19.4 Å². The molecule has 0 unspecified atom stereocenters. The molecule has 0 saturated carbocycles. The van der Waals surface area contributed by atoms with Crippen LogP contribution < -0.4 is 16.0 Å². The number of piperidine rings is 1. The molecule has 28 heavy (non-hydrogen) atoms. The van der Waals surface area contributed by atoms with Crippen LogP contribution in [0.3, 0.4) is 0 Å². The lowest BCUT2D eigenvalue weighted by Gasteiger charge is -2.31. The Hall–Kier alpha value is -2.40. The molecule has 0 atom stereocenters. The molecule has 5 nitrogen and oxygen atoms in total. The minimum Gasteiger partial charge on any atom is -0.353 e. The monoisotopic (exact) mass is 379 g/mol. The second-order valence-electron chi connectivity index (χ2n) is 7.55. The highest BCUT2D eigenvalue weighted by Crippen LogP contribution is 2.15. The molecule has 1 aliphatic rings. The topological polar surface area (TPSA) is 46.0 Å². The summed E-state index contributed by atoms with van der Waals surface area (Å²) >= 11 is 0. The van der Waals surface area contributed by atoms with Crippen LogP contribution in [0.15, 0.2) is 24.8 Å². The zero-order valence-electron chi connectivity index (χ0n) is 17.7. The number of nitrogens with one attached hydrogen (secondary N) is 1. The predicted molar refractivity (Wildman–Crippen MR) is 118 cm³/mol. The fourth-order valence-electron chi connectivity index (χ4n) is 3.82. The van der Waals surface area contributed by atoms with E-state index in [1.807, 2.05) is 26.0 Å². The highest BCUT2D eigenvalue weighted by molar-refractivity contribution is 5.41. The number of aryl methyl sites for hydroxylation is 2. The van der Waals surface area contributed by atoms with Gasteiger partial charge in [-0.1, -0.05) is 31.7 Å². The third-order valence-corrected chi connectivity index (χ3v) is 5.60. The van der Waals surface area contributed by atoms with Crippen molar-refractivity contribution >= 4 is 18.1 Å². The lowest BCUT2D eigenvalue weighted by molar-refractivity contribution is 0.229. The Morgan fingerprint density at radius 3 is 2.61 bits per heavy atom. The van der Waals surface area contributed by atoms with E-state index in [-0.39, 0.29) is 0 Å². The smallest absolute Gasteiger partial charge is 0.204 e. The van der Waals surface area contributed by atoms with Gasteiger partial charge < -0.3 is 14.8 Å². The number of anilines is 1.